The van der Waals surface area contributed by atoms with E-state index in [0.29, 0.717) is 16.1 Å². The van der Waals surface area contributed by atoms with Gasteiger partial charge in [0, 0.05) is 28.4 Å². The molecule has 0 aliphatic heterocycles. The molecule has 0 saturated heterocycles. The highest BCUT2D eigenvalue weighted by Crippen LogP contribution is 2.25. The van der Waals surface area contributed by atoms with Gasteiger partial charge in [0.1, 0.15) is 11.6 Å². The van der Waals surface area contributed by atoms with Gasteiger partial charge in [-0.15, -0.1) is 0 Å². The van der Waals surface area contributed by atoms with Gasteiger partial charge < -0.3 is 5.73 Å². The van der Waals surface area contributed by atoms with Gasteiger partial charge in [-0.3, -0.25) is 4.98 Å². The second kappa shape index (κ2) is 5.42. The topological polar surface area (TPSA) is 38.9 Å². The maximum absolute atomic E-state index is 13.6. The van der Waals surface area contributed by atoms with E-state index < -0.39 is 17.7 Å². The Balaban J connectivity index is 2.27. The van der Waals surface area contributed by atoms with Gasteiger partial charge >= 0.3 is 0 Å². The van der Waals surface area contributed by atoms with Crippen molar-refractivity contribution >= 4 is 11.6 Å². The minimum absolute atomic E-state index is 0.131. The molecule has 5 heteroatoms. The van der Waals surface area contributed by atoms with Crippen molar-refractivity contribution in [1.29, 1.82) is 0 Å². The Morgan fingerprint density at radius 3 is 2.67 bits per heavy atom. The SMILES string of the molecule is NC(Cc1c(F)cccc1Cl)c1ccncc1F. The zero-order chi connectivity index (χ0) is 13.1. The average Bonchev–Trinajstić information content (AvgIpc) is 2.34. The Morgan fingerprint density at radius 2 is 2.00 bits per heavy atom. The molecule has 2 aromatic rings. The molecule has 2 rings (SSSR count). The van der Waals surface area contributed by atoms with Gasteiger partial charge in [0.15, 0.2) is 0 Å². The molecule has 0 aliphatic rings. The summed E-state index contributed by atoms with van der Waals surface area (Å²) in [4.78, 5) is 3.64. The van der Waals surface area contributed by atoms with Crippen molar-refractivity contribution in [3.63, 3.8) is 0 Å². The van der Waals surface area contributed by atoms with Crippen LogP contribution >= 0.6 is 11.6 Å². The number of pyridine rings is 1. The molecule has 1 unspecified atom stereocenters. The third-order valence-electron chi connectivity index (χ3n) is 2.69. The fraction of sp³-hybridized carbons (Fsp3) is 0.154. The van der Waals surface area contributed by atoms with Crippen molar-refractivity contribution in [3.8, 4) is 0 Å². The van der Waals surface area contributed by atoms with E-state index in [0.717, 1.165) is 6.20 Å². The largest absolute Gasteiger partial charge is 0.324 e. The minimum atomic E-state index is -0.664. The van der Waals surface area contributed by atoms with Crippen LogP contribution in [0, 0.1) is 11.6 Å². The van der Waals surface area contributed by atoms with Crippen LogP contribution in [0.2, 0.25) is 5.02 Å². The van der Waals surface area contributed by atoms with E-state index >= 15 is 0 Å². The number of benzene rings is 1. The first-order valence-electron chi connectivity index (χ1n) is 5.37. The highest BCUT2D eigenvalue weighted by Gasteiger charge is 2.16. The number of aromatic nitrogens is 1. The third-order valence-corrected chi connectivity index (χ3v) is 3.04. The van der Waals surface area contributed by atoms with Crippen LogP contribution in [0.4, 0.5) is 8.78 Å². The summed E-state index contributed by atoms with van der Waals surface area (Å²) in [6.07, 6.45) is 2.66. The third kappa shape index (κ3) is 2.66. The summed E-state index contributed by atoms with van der Waals surface area (Å²) < 4.78 is 27.1. The van der Waals surface area contributed by atoms with Crippen LogP contribution in [0.25, 0.3) is 0 Å². The van der Waals surface area contributed by atoms with Crippen molar-refractivity contribution in [2.24, 2.45) is 5.73 Å². The predicted molar refractivity (Wildman–Crippen MR) is 66.2 cm³/mol. The molecule has 0 amide bonds. The lowest BCUT2D eigenvalue weighted by molar-refractivity contribution is 0.560. The summed E-state index contributed by atoms with van der Waals surface area (Å²) in [5, 5.41) is 0.292. The van der Waals surface area contributed by atoms with Crippen molar-refractivity contribution in [1.82, 2.24) is 4.98 Å². The highest BCUT2D eigenvalue weighted by molar-refractivity contribution is 6.31. The second-order valence-electron chi connectivity index (χ2n) is 3.91. The molecular formula is C13H11ClF2N2. The molecule has 2 nitrogen and oxygen atoms in total. The normalized spacial score (nSPS) is 12.4. The van der Waals surface area contributed by atoms with Gasteiger partial charge in [0.25, 0.3) is 0 Å². The van der Waals surface area contributed by atoms with Crippen molar-refractivity contribution in [2.75, 3.05) is 0 Å². The van der Waals surface area contributed by atoms with Crippen LogP contribution in [0.1, 0.15) is 17.2 Å². The lowest BCUT2D eigenvalue weighted by Gasteiger charge is -2.14. The fourth-order valence-electron chi connectivity index (χ4n) is 1.74. The predicted octanol–water partition coefficient (Wildman–Crippen LogP) is 3.26. The van der Waals surface area contributed by atoms with Crippen LogP contribution in [0.3, 0.4) is 0 Å². The molecule has 2 N–H and O–H groups in total. The van der Waals surface area contributed by atoms with E-state index in [1.54, 1.807) is 6.07 Å². The molecular weight excluding hydrogens is 258 g/mol. The maximum Gasteiger partial charge on any atom is 0.146 e. The Labute approximate surface area is 108 Å². The molecule has 94 valence electrons. The molecule has 1 aromatic carbocycles. The van der Waals surface area contributed by atoms with Gasteiger partial charge in [0.05, 0.1) is 6.20 Å². The summed E-state index contributed by atoms with van der Waals surface area (Å²) in [6.45, 7) is 0. The van der Waals surface area contributed by atoms with Crippen molar-refractivity contribution in [3.05, 3.63) is 64.4 Å². The molecule has 0 radical (unpaired) electrons. The van der Waals surface area contributed by atoms with Crippen LogP contribution in [0.15, 0.2) is 36.7 Å². The Bertz CT molecular complexity index is 540. The number of hydrogen-bond acceptors (Lipinski definition) is 2. The maximum atomic E-state index is 13.6. The zero-order valence-electron chi connectivity index (χ0n) is 9.41. The zero-order valence-corrected chi connectivity index (χ0v) is 10.2. The molecule has 1 atom stereocenters. The fourth-order valence-corrected chi connectivity index (χ4v) is 1.98. The number of nitrogens with two attached hydrogens (primary N) is 1. The Morgan fingerprint density at radius 1 is 1.22 bits per heavy atom. The monoisotopic (exact) mass is 268 g/mol. The van der Waals surface area contributed by atoms with Gasteiger partial charge in [-0.25, -0.2) is 8.78 Å². The van der Waals surface area contributed by atoms with Crippen LogP contribution in [-0.2, 0) is 6.42 Å². The van der Waals surface area contributed by atoms with E-state index in [1.165, 1.54) is 24.4 Å². The van der Waals surface area contributed by atoms with E-state index in [4.69, 9.17) is 17.3 Å². The first kappa shape index (κ1) is 12.9. The number of halogens is 3. The summed E-state index contributed by atoms with van der Waals surface area (Å²) >= 11 is 5.90. The molecule has 1 aromatic heterocycles. The minimum Gasteiger partial charge on any atom is -0.324 e. The lowest BCUT2D eigenvalue weighted by Crippen LogP contribution is -2.16. The van der Waals surface area contributed by atoms with E-state index in [1.807, 2.05) is 0 Å². The Kier molecular flexibility index (Phi) is 3.89. The smallest absolute Gasteiger partial charge is 0.146 e. The number of hydrogen-bond donors (Lipinski definition) is 1. The molecule has 0 bridgehead atoms. The molecule has 0 saturated carbocycles. The van der Waals surface area contributed by atoms with E-state index in [-0.39, 0.29) is 6.42 Å². The molecule has 0 spiro atoms. The van der Waals surface area contributed by atoms with Crippen molar-refractivity contribution < 1.29 is 8.78 Å². The van der Waals surface area contributed by atoms with Crippen LogP contribution in [0.5, 0.6) is 0 Å². The molecule has 0 aliphatic carbocycles. The quantitative estimate of drug-likeness (QED) is 0.928. The summed E-state index contributed by atoms with van der Waals surface area (Å²) in [5.74, 6) is -0.940. The Hall–Kier alpha value is -1.52. The number of rotatable bonds is 3. The molecule has 0 fully saturated rings. The molecule has 18 heavy (non-hydrogen) atoms. The summed E-state index contributed by atoms with van der Waals surface area (Å²) in [5.41, 5.74) is 6.46. The first-order chi connectivity index (χ1) is 8.59. The van der Waals surface area contributed by atoms with Gasteiger partial charge in [-0.1, -0.05) is 17.7 Å². The lowest BCUT2D eigenvalue weighted by atomic mass is 10.00. The van der Waals surface area contributed by atoms with E-state index in [2.05, 4.69) is 4.98 Å². The first-order valence-corrected chi connectivity index (χ1v) is 5.75. The number of nitrogens with zero attached hydrogens (tertiary/aromatic N) is 1. The van der Waals surface area contributed by atoms with Gasteiger partial charge in [-0.05, 0) is 24.6 Å². The highest BCUT2D eigenvalue weighted by atomic mass is 35.5. The van der Waals surface area contributed by atoms with Crippen LogP contribution < -0.4 is 5.73 Å². The van der Waals surface area contributed by atoms with Crippen molar-refractivity contribution in [2.45, 2.75) is 12.5 Å². The second-order valence-corrected chi connectivity index (χ2v) is 4.32. The standard InChI is InChI=1S/C13H11ClF2N2/c14-10-2-1-3-11(15)9(10)6-13(17)8-4-5-18-7-12(8)16/h1-5,7,13H,6,17H2. The summed E-state index contributed by atoms with van der Waals surface area (Å²) in [7, 11) is 0. The van der Waals surface area contributed by atoms with Gasteiger partial charge in [0.2, 0.25) is 0 Å². The summed E-state index contributed by atoms with van der Waals surface area (Å²) in [6, 6.07) is 5.21. The van der Waals surface area contributed by atoms with Crippen LogP contribution in [-0.4, -0.2) is 4.98 Å². The average molecular weight is 269 g/mol. The molecule has 1 heterocycles. The van der Waals surface area contributed by atoms with E-state index in [9.17, 15) is 8.78 Å². The van der Waals surface area contributed by atoms with Gasteiger partial charge in [-0.2, -0.15) is 0 Å².